The van der Waals surface area contributed by atoms with Crippen molar-refractivity contribution in [2.75, 3.05) is 5.32 Å². The molecule has 0 saturated heterocycles. The van der Waals surface area contributed by atoms with Crippen molar-refractivity contribution < 1.29 is 17.6 Å². The molecule has 0 atom stereocenters. The highest BCUT2D eigenvalue weighted by Gasteiger charge is 2.30. The largest absolute Gasteiger partial charge is 0.416 e. The quantitative estimate of drug-likeness (QED) is 0.654. The lowest BCUT2D eigenvalue weighted by Crippen LogP contribution is -2.07. The Labute approximate surface area is 132 Å². The maximum Gasteiger partial charge on any atom is 0.416 e. The molecule has 2 rings (SSSR count). The molecule has 0 fully saturated rings. The fraction of sp³-hybridized carbons (Fsp3) is 0.143. The topological polar surface area (TPSA) is 12.0 Å². The van der Waals surface area contributed by atoms with Crippen molar-refractivity contribution in [2.24, 2.45) is 0 Å². The lowest BCUT2D eigenvalue weighted by molar-refractivity contribution is -0.137. The minimum absolute atomic E-state index is 0.173. The van der Waals surface area contributed by atoms with Gasteiger partial charge in [-0.25, -0.2) is 4.39 Å². The van der Waals surface area contributed by atoms with E-state index in [0.29, 0.717) is 5.56 Å². The third-order valence-electron chi connectivity index (χ3n) is 2.76. The van der Waals surface area contributed by atoms with Crippen LogP contribution in [0.4, 0.5) is 23.2 Å². The van der Waals surface area contributed by atoms with Crippen molar-refractivity contribution >= 4 is 33.2 Å². The Hall–Kier alpha value is -1.27. The molecule has 0 heterocycles. The van der Waals surface area contributed by atoms with Gasteiger partial charge in [-0.05, 0) is 51.8 Å². The second-order valence-electron chi connectivity index (χ2n) is 4.29. The van der Waals surface area contributed by atoms with Crippen LogP contribution in [-0.2, 0) is 12.7 Å². The zero-order valence-corrected chi connectivity index (χ0v) is 12.8. The number of rotatable bonds is 3. The van der Waals surface area contributed by atoms with E-state index in [2.05, 4.69) is 21.2 Å². The van der Waals surface area contributed by atoms with E-state index in [1.807, 2.05) is 0 Å². The normalized spacial score (nSPS) is 11.5. The van der Waals surface area contributed by atoms with Crippen LogP contribution < -0.4 is 5.32 Å². The molecule has 2 aromatic carbocycles. The molecule has 0 amide bonds. The molecule has 0 bridgehead atoms. The van der Waals surface area contributed by atoms with E-state index >= 15 is 0 Å². The molecule has 0 saturated carbocycles. The number of nitrogens with one attached hydrogen (secondary N) is 1. The summed E-state index contributed by atoms with van der Waals surface area (Å²) in [4.78, 5) is 0. The zero-order valence-electron chi connectivity index (χ0n) is 10.4. The molecule has 21 heavy (non-hydrogen) atoms. The van der Waals surface area contributed by atoms with Gasteiger partial charge in [-0.3, -0.25) is 0 Å². The predicted molar refractivity (Wildman–Crippen MR) is 77.9 cm³/mol. The summed E-state index contributed by atoms with van der Waals surface area (Å²) in [5, 5.41) is 3.00. The first-order chi connectivity index (χ1) is 9.77. The number of hydrogen-bond acceptors (Lipinski definition) is 1. The number of anilines is 1. The standard InChI is InChI=1S/C14H9BrClF4N/c15-10-5-8(1-4-12(10)17)7-21-13-6-9(14(18,19)20)2-3-11(13)16/h1-6,21H,7H2. The van der Waals surface area contributed by atoms with Crippen LogP contribution in [0.3, 0.4) is 0 Å². The molecule has 0 radical (unpaired) electrons. The molecule has 1 nitrogen and oxygen atoms in total. The Morgan fingerprint density at radius 3 is 2.43 bits per heavy atom. The number of halogens is 6. The van der Waals surface area contributed by atoms with Crippen molar-refractivity contribution in [3.63, 3.8) is 0 Å². The van der Waals surface area contributed by atoms with Crippen molar-refractivity contribution in [3.8, 4) is 0 Å². The third-order valence-corrected chi connectivity index (χ3v) is 3.70. The molecule has 0 aromatic heterocycles. The van der Waals surface area contributed by atoms with Crippen LogP contribution in [0.1, 0.15) is 11.1 Å². The number of alkyl halides is 3. The van der Waals surface area contributed by atoms with E-state index in [4.69, 9.17) is 11.6 Å². The van der Waals surface area contributed by atoms with E-state index < -0.39 is 17.6 Å². The van der Waals surface area contributed by atoms with Crippen molar-refractivity contribution in [1.29, 1.82) is 0 Å². The van der Waals surface area contributed by atoms with E-state index in [9.17, 15) is 17.6 Å². The minimum atomic E-state index is -4.43. The van der Waals surface area contributed by atoms with Crippen molar-refractivity contribution in [2.45, 2.75) is 12.7 Å². The minimum Gasteiger partial charge on any atom is -0.380 e. The first-order valence-corrected chi connectivity index (χ1v) is 6.99. The van der Waals surface area contributed by atoms with Crippen LogP contribution in [0.2, 0.25) is 5.02 Å². The second-order valence-corrected chi connectivity index (χ2v) is 5.56. The van der Waals surface area contributed by atoms with Crippen LogP contribution in [-0.4, -0.2) is 0 Å². The molecular weight excluding hydrogens is 374 g/mol. The summed E-state index contributed by atoms with van der Waals surface area (Å²) in [5.74, 6) is -0.407. The van der Waals surface area contributed by atoms with E-state index in [1.54, 1.807) is 6.07 Å². The Kier molecular flexibility index (Phi) is 4.78. The van der Waals surface area contributed by atoms with Gasteiger partial charge in [0.25, 0.3) is 0 Å². The zero-order chi connectivity index (χ0) is 15.6. The van der Waals surface area contributed by atoms with Crippen LogP contribution >= 0.6 is 27.5 Å². The van der Waals surface area contributed by atoms with Crippen LogP contribution in [0.5, 0.6) is 0 Å². The molecular formula is C14H9BrClF4N. The Morgan fingerprint density at radius 2 is 1.81 bits per heavy atom. The highest BCUT2D eigenvalue weighted by molar-refractivity contribution is 9.10. The van der Waals surface area contributed by atoms with Crippen LogP contribution in [0.25, 0.3) is 0 Å². The molecule has 0 aliphatic carbocycles. The molecule has 0 aliphatic rings. The van der Waals surface area contributed by atoms with Gasteiger partial charge in [-0.2, -0.15) is 13.2 Å². The van der Waals surface area contributed by atoms with Gasteiger partial charge >= 0.3 is 6.18 Å². The summed E-state index contributed by atoms with van der Waals surface area (Å²) in [5.41, 5.74) is 0.0957. The summed E-state index contributed by atoms with van der Waals surface area (Å²) in [7, 11) is 0. The second kappa shape index (κ2) is 6.23. The molecule has 112 valence electrons. The Balaban J connectivity index is 2.17. The molecule has 0 unspecified atom stereocenters. The van der Waals surface area contributed by atoms with Gasteiger partial charge in [0, 0.05) is 6.54 Å². The van der Waals surface area contributed by atoms with Gasteiger partial charge in [0.15, 0.2) is 0 Å². The molecule has 0 spiro atoms. The van der Waals surface area contributed by atoms with Crippen molar-refractivity contribution in [3.05, 3.63) is 62.8 Å². The van der Waals surface area contributed by atoms with E-state index in [1.165, 1.54) is 18.2 Å². The Morgan fingerprint density at radius 1 is 1.10 bits per heavy atom. The third kappa shape index (κ3) is 4.11. The maximum atomic E-state index is 13.1. The van der Waals surface area contributed by atoms with Gasteiger partial charge in [0.2, 0.25) is 0 Å². The maximum absolute atomic E-state index is 13.1. The van der Waals surface area contributed by atoms with Gasteiger partial charge in [-0.1, -0.05) is 17.7 Å². The van der Waals surface area contributed by atoms with Crippen LogP contribution in [0, 0.1) is 5.82 Å². The SMILES string of the molecule is Fc1ccc(CNc2cc(C(F)(F)F)ccc2Cl)cc1Br. The highest BCUT2D eigenvalue weighted by Crippen LogP contribution is 2.34. The van der Waals surface area contributed by atoms with E-state index in [0.717, 1.165) is 12.1 Å². The number of benzene rings is 2. The summed E-state index contributed by atoms with van der Waals surface area (Å²) in [6, 6.07) is 7.41. The fourth-order valence-electron chi connectivity index (χ4n) is 1.68. The highest BCUT2D eigenvalue weighted by atomic mass is 79.9. The fourth-order valence-corrected chi connectivity index (χ4v) is 2.29. The van der Waals surface area contributed by atoms with Gasteiger partial charge in [0.1, 0.15) is 5.82 Å². The van der Waals surface area contributed by atoms with E-state index in [-0.39, 0.29) is 21.7 Å². The average Bonchev–Trinajstić information content (AvgIpc) is 2.40. The summed E-state index contributed by atoms with van der Waals surface area (Å²) in [6.45, 7) is 0.222. The molecule has 7 heteroatoms. The summed E-state index contributed by atoms with van der Waals surface area (Å²) < 4.78 is 51.3. The summed E-state index contributed by atoms with van der Waals surface area (Å²) >= 11 is 8.92. The first kappa shape index (κ1) is 16.1. The van der Waals surface area contributed by atoms with Gasteiger partial charge in [-0.15, -0.1) is 0 Å². The summed E-state index contributed by atoms with van der Waals surface area (Å²) in [6.07, 6.45) is -4.43. The number of hydrogen-bond donors (Lipinski definition) is 1. The van der Waals surface area contributed by atoms with Gasteiger partial charge < -0.3 is 5.32 Å². The first-order valence-electron chi connectivity index (χ1n) is 5.82. The smallest absolute Gasteiger partial charge is 0.380 e. The molecule has 2 aromatic rings. The van der Waals surface area contributed by atoms with Gasteiger partial charge in [0.05, 0.1) is 20.7 Å². The monoisotopic (exact) mass is 381 g/mol. The predicted octanol–water partition coefficient (Wildman–Crippen LogP) is 5.87. The lowest BCUT2D eigenvalue weighted by atomic mass is 10.1. The van der Waals surface area contributed by atoms with Crippen LogP contribution in [0.15, 0.2) is 40.9 Å². The molecule has 1 N–H and O–H groups in total. The van der Waals surface area contributed by atoms with Crippen molar-refractivity contribution in [1.82, 2.24) is 0 Å². The lowest BCUT2D eigenvalue weighted by Gasteiger charge is -2.12. The Bertz CT molecular complexity index is 658. The molecule has 0 aliphatic heterocycles. The average molecular weight is 383 g/mol.